The summed E-state index contributed by atoms with van der Waals surface area (Å²) in [5, 5.41) is 0. The zero-order valence-corrected chi connectivity index (χ0v) is 8.57. The van der Waals surface area contributed by atoms with E-state index in [2.05, 4.69) is 4.99 Å². The summed E-state index contributed by atoms with van der Waals surface area (Å²) in [7, 11) is 1.61. The van der Waals surface area contributed by atoms with Crippen LogP contribution in [0.1, 0.15) is 19.4 Å². The van der Waals surface area contributed by atoms with E-state index in [1.54, 1.807) is 13.2 Å². The number of nitrogens with zero attached hydrogens (tertiary/aromatic N) is 1. The molecule has 0 aliphatic heterocycles. The van der Waals surface area contributed by atoms with Gasteiger partial charge in [-0.05, 0) is 31.5 Å². The first-order valence-electron chi connectivity index (χ1n) is 4.34. The molecule has 0 aliphatic carbocycles. The number of benzene rings is 1. The predicted octanol–water partition coefficient (Wildman–Crippen LogP) is 2.27. The van der Waals surface area contributed by atoms with Crippen LogP contribution in [-0.2, 0) is 10.3 Å². The van der Waals surface area contributed by atoms with Crippen molar-refractivity contribution in [3.63, 3.8) is 0 Å². The molecule has 0 saturated carbocycles. The maximum absolute atomic E-state index is 10.2. The zero-order valence-electron chi connectivity index (χ0n) is 8.57. The summed E-state index contributed by atoms with van der Waals surface area (Å²) in [5.74, 6) is 0.791. The Morgan fingerprint density at radius 1 is 1.29 bits per heavy atom. The molecular formula is C11H13NO2. The zero-order chi connectivity index (χ0) is 10.6. The van der Waals surface area contributed by atoms with E-state index >= 15 is 0 Å². The van der Waals surface area contributed by atoms with Crippen LogP contribution in [0.3, 0.4) is 0 Å². The first-order chi connectivity index (χ1) is 6.60. The van der Waals surface area contributed by atoms with Crippen LogP contribution < -0.4 is 4.74 Å². The lowest BCUT2D eigenvalue weighted by Crippen LogP contribution is -2.12. The summed E-state index contributed by atoms with van der Waals surface area (Å²) in [5.41, 5.74) is 0.440. The van der Waals surface area contributed by atoms with E-state index in [-0.39, 0.29) is 0 Å². The number of hydrogen-bond acceptors (Lipinski definition) is 3. The lowest BCUT2D eigenvalue weighted by Gasteiger charge is -2.17. The van der Waals surface area contributed by atoms with Gasteiger partial charge in [0.15, 0.2) is 0 Å². The highest BCUT2D eigenvalue weighted by molar-refractivity contribution is 5.38. The Balaban J connectivity index is 3.02. The molecule has 1 aromatic rings. The van der Waals surface area contributed by atoms with E-state index in [4.69, 9.17) is 4.74 Å². The number of carbonyl (C=O) groups excluding carboxylic acids is 1. The van der Waals surface area contributed by atoms with Crippen molar-refractivity contribution in [1.82, 2.24) is 0 Å². The van der Waals surface area contributed by atoms with Gasteiger partial charge in [0, 0.05) is 0 Å². The average Bonchev–Trinajstić information content (AvgIpc) is 2.18. The molecule has 0 spiro atoms. The highest BCUT2D eigenvalue weighted by atomic mass is 16.5. The molecule has 0 amide bonds. The standard InChI is InChI=1S/C11H13NO2/c1-11(2,12-8-13)9-4-6-10(14-3)7-5-9/h4-7H,1-3H3. The van der Waals surface area contributed by atoms with Crippen LogP contribution in [0.4, 0.5) is 0 Å². The van der Waals surface area contributed by atoms with Crippen molar-refractivity contribution in [3.05, 3.63) is 29.8 Å². The molecule has 3 nitrogen and oxygen atoms in total. The lowest BCUT2D eigenvalue weighted by molar-refractivity contribution is 0.414. The molecule has 14 heavy (non-hydrogen) atoms. The van der Waals surface area contributed by atoms with E-state index < -0.39 is 5.54 Å². The number of aliphatic imine (C=N–C) groups is 1. The fourth-order valence-corrected chi connectivity index (χ4v) is 1.18. The Hall–Kier alpha value is -1.60. The molecule has 0 aliphatic rings. The molecule has 0 aromatic heterocycles. The van der Waals surface area contributed by atoms with Gasteiger partial charge in [-0.25, -0.2) is 4.79 Å². The van der Waals surface area contributed by atoms with Gasteiger partial charge in [0.1, 0.15) is 5.75 Å². The molecule has 1 aromatic carbocycles. The quantitative estimate of drug-likeness (QED) is 0.543. The van der Waals surface area contributed by atoms with Crippen LogP contribution >= 0.6 is 0 Å². The normalized spacial score (nSPS) is 10.5. The van der Waals surface area contributed by atoms with Crippen LogP contribution in [0.15, 0.2) is 29.3 Å². The minimum atomic E-state index is -0.520. The summed E-state index contributed by atoms with van der Waals surface area (Å²) in [4.78, 5) is 13.9. The third kappa shape index (κ3) is 2.21. The number of hydrogen-bond donors (Lipinski definition) is 0. The van der Waals surface area contributed by atoms with E-state index in [0.717, 1.165) is 11.3 Å². The minimum absolute atomic E-state index is 0.520. The Morgan fingerprint density at radius 3 is 2.29 bits per heavy atom. The molecule has 1 rings (SSSR count). The smallest absolute Gasteiger partial charge is 0.235 e. The third-order valence-electron chi connectivity index (χ3n) is 2.12. The van der Waals surface area contributed by atoms with Crippen molar-refractivity contribution in [3.8, 4) is 5.75 Å². The molecule has 0 unspecified atom stereocenters. The van der Waals surface area contributed by atoms with Crippen molar-refractivity contribution in [2.45, 2.75) is 19.4 Å². The highest BCUT2D eigenvalue weighted by Gasteiger charge is 2.18. The molecule has 0 bridgehead atoms. The fraction of sp³-hybridized carbons (Fsp3) is 0.364. The fourth-order valence-electron chi connectivity index (χ4n) is 1.18. The monoisotopic (exact) mass is 191 g/mol. The van der Waals surface area contributed by atoms with Crippen molar-refractivity contribution in [2.24, 2.45) is 4.99 Å². The van der Waals surface area contributed by atoms with E-state index in [0.29, 0.717) is 0 Å². The van der Waals surface area contributed by atoms with Crippen LogP contribution in [0.2, 0.25) is 0 Å². The lowest BCUT2D eigenvalue weighted by atomic mass is 9.95. The first kappa shape index (κ1) is 10.5. The van der Waals surface area contributed by atoms with Crippen molar-refractivity contribution in [2.75, 3.05) is 7.11 Å². The van der Waals surface area contributed by atoms with Crippen molar-refractivity contribution < 1.29 is 9.53 Å². The number of rotatable bonds is 3. The van der Waals surface area contributed by atoms with E-state index in [9.17, 15) is 4.79 Å². The summed E-state index contributed by atoms with van der Waals surface area (Å²) < 4.78 is 5.03. The van der Waals surface area contributed by atoms with Crippen LogP contribution in [0.25, 0.3) is 0 Å². The van der Waals surface area contributed by atoms with Crippen LogP contribution in [0, 0.1) is 0 Å². The summed E-state index contributed by atoms with van der Waals surface area (Å²) in [6.45, 7) is 3.72. The van der Waals surface area contributed by atoms with Gasteiger partial charge in [-0.1, -0.05) is 12.1 Å². The van der Waals surface area contributed by atoms with Crippen molar-refractivity contribution >= 4 is 6.08 Å². The second-order valence-corrected chi connectivity index (χ2v) is 3.49. The Labute approximate surface area is 83.4 Å². The van der Waals surface area contributed by atoms with Gasteiger partial charge in [-0.2, -0.15) is 4.99 Å². The molecule has 0 heterocycles. The van der Waals surface area contributed by atoms with Crippen LogP contribution in [-0.4, -0.2) is 13.2 Å². The molecule has 0 radical (unpaired) electrons. The largest absolute Gasteiger partial charge is 0.497 e. The average molecular weight is 191 g/mol. The predicted molar refractivity (Wildman–Crippen MR) is 54.1 cm³/mol. The topological polar surface area (TPSA) is 38.7 Å². The SMILES string of the molecule is COc1ccc(C(C)(C)N=C=O)cc1. The molecule has 0 fully saturated rings. The van der Waals surface area contributed by atoms with Gasteiger partial charge >= 0.3 is 0 Å². The Bertz CT molecular complexity index is 348. The molecule has 0 saturated heterocycles. The van der Waals surface area contributed by atoms with Gasteiger partial charge in [0.2, 0.25) is 6.08 Å². The molecule has 74 valence electrons. The Kier molecular flexibility index (Phi) is 3.05. The summed E-state index contributed by atoms with van der Waals surface area (Å²) in [6.07, 6.45) is 1.58. The maximum Gasteiger partial charge on any atom is 0.235 e. The van der Waals surface area contributed by atoms with Gasteiger partial charge in [-0.15, -0.1) is 0 Å². The summed E-state index contributed by atoms with van der Waals surface area (Å²) in [6, 6.07) is 7.47. The number of ether oxygens (including phenoxy) is 1. The van der Waals surface area contributed by atoms with Crippen LogP contribution in [0.5, 0.6) is 5.75 Å². The molecular weight excluding hydrogens is 178 g/mol. The minimum Gasteiger partial charge on any atom is -0.497 e. The van der Waals surface area contributed by atoms with Gasteiger partial charge < -0.3 is 4.74 Å². The second-order valence-electron chi connectivity index (χ2n) is 3.49. The van der Waals surface area contributed by atoms with E-state index in [1.165, 1.54) is 0 Å². The van der Waals surface area contributed by atoms with Crippen molar-refractivity contribution in [1.29, 1.82) is 0 Å². The maximum atomic E-state index is 10.2. The first-order valence-corrected chi connectivity index (χ1v) is 4.34. The number of methoxy groups -OCH3 is 1. The Morgan fingerprint density at radius 2 is 1.86 bits per heavy atom. The second kappa shape index (κ2) is 4.07. The third-order valence-corrected chi connectivity index (χ3v) is 2.12. The molecule has 0 N–H and O–H groups in total. The van der Waals surface area contributed by atoms with Gasteiger partial charge in [-0.3, -0.25) is 0 Å². The highest BCUT2D eigenvalue weighted by Crippen LogP contribution is 2.25. The molecule has 3 heteroatoms. The van der Waals surface area contributed by atoms with E-state index in [1.807, 2.05) is 38.1 Å². The van der Waals surface area contributed by atoms with Gasteiger partial charge in [0.05, 0.1) is 12.6 Å². The molecule has 0 atom stereocenters. The number of isocyanates is 1. The van der Waals surface area contributed by atoms with Gasteiger partial charge in [0.25, 0.3) is 0 Å². The summed E-state index contributed by atoms with van der Waals surface area (Å²) >= 11 is 0.